The molecule has 2 aliphatic heterocycles. The van der Waals surface area contributed by atoms with Crippen molar-refractivity contribution in [2.24, 2.45) is 22.9 Å². The van der Waals surface area contributed by atoms with Gasteiger partial charge in [0.15, 0.2) is 0 Å². The number of allylic oxidation sites excluding steroid dienone is 1. The highest BCUT2D eigenvalue weighted by Gasteiger charge is 2.55. The lowest BCUT2D eigenvalue weighted by Gasteiger charge is -2.59. The van der Waals surface area contributed by atoms with E-state index >= 15 is 0 Å². The molecule has 5 nitrogen and oxygen atoms in total. The lowest BCUT2D eigenvalue weighted by Crippen LogP contribution is -2.58. The normalized spacial score (nSPS) is 32.6. The third-order valence-corrected chi connectivity index (χ3v) is 7.48. The van der Waals surface area contributed by atoms with Crippen LogP contribution in [-0.2, 0) is 17.8 Å². The molecule has 6 aliphatic rings. The summed E-state index contributed by atoms with van der Waals surface area (Å²) in [4.78, 5) is 11.3. The summed E-state index contributed by atoms with van der Waals surface area (Å²) in [5.41, 5.74) is 3.24. The van der Waals surface area contributed by atoms with E-state index in [0.29, 0.717) is 5.54 Å². The minimum atomic E-state index is -5.08. The molecule has 2 heterocycles. The Morgan fingerprint density at radius 2 is 1.58 bits per heavy atom. The van der Waals surface area contributed by atoms with Gasteiger partial charge in [-0.15, -0.1) is 0 Å². The van der Waals surface area contributed by atoms with Crippen LogP contribution in [0.15, 0.2) is 41.3 Å². The molecule has 31 heavy (non-hydrogen) atoms. The molecule has 1 aromatic rings. The molecule has 0 radical (unpaired) electrons. The maximum atomic E-state index is 10.6. The largest absolute Gasteiger partial charge is 0.490 e. The summed E-state index contributed by atoms with van der Waals surface area (Å²) in [6.45, 7) is 0.967. The van der Waals surface area contributed by atoms with Gasteiger partial charge >= 0.3 is 12.1 Å². The highest BCUT2D eigenvalue weighted by Crippen LogP contribution is 2.59. The lowest BCUT2D eigenvalue weighted by molar-refractivity contribution is -0.192. The Morgan fingerprint density at radius 1 is 1.03 bits per heavy atom. The van der Waals surface area contributed by atoms with E-state index in [0.717, 1.165) is 30.7 Å². The van der Waals surface area contributed by atoms with Crippen molar-refractivity contribution in [2.75, 3.05) is 0 Å². The number of benzene rings is 1. The number of hydrogen-bond acceptors (Lipinski definition) is 4. The SMILES string of the molecule is C1=NN(C23CC4CC(CC(C4)C2)C3)C2=CCc3ccccc3CN12.O=C(O)C(F)(F)F. The number of alkyl halides is 3. The molecule has 4 aliphatic carbocycles. The van der Waals surface area contributed by atoms with Crippen molar-refractivity contribution in [1.29, 1.82) is 0 Å². The van der Waals surface area contributed by atoms with Gasteiger partial charge in [0.25, 0.3) is 0 Å². The van der Waals surface area contributed by atoms with Crippen LogP contribution in [0.2, 0.25) is 0 Å². The Hall–Kier alpha value is -2.51. The van der Waals surface area contributed by atoms with Crippen molar-refractivity contribution in [3.63, 3.8) is 0 Å². The average molecular weight is 433 g/mol. The Morgan fingerprint density at radius 3 is 2.13 bits per heavy atom. The smallest absolute Gasteiger partial charge is 0.475 e. The van der Waals surface area contributed by atoms with Crippen molar-refractivity contribution in [3.05, 3.63) is 47.3 Å². The fourth-order valence-corrected chi connectivity index (χ4v) is 6.66. The number of carboxylic acid groups (broad SMARTS) is 1. The molecule has 0 saturated heterocycles. The molecule has 4 bridgehead atoms. The molecule has 0 aromatic heterocycles. The standard InChI is InChI=1S/C21H25N3.C2HF3O2/c1-2-4-19-13-23-14-22-24(20(23)6-5-18(19)3-1)21-10-15-7-16(11-21)9-17(8-15)12-21;3-2(4,5)1(6)7/h1-4,6,14-17H,5,7-13H2;(H,6,7). The van der Waals surface area contributed by atoms with Crippen LogP contribution in [0, 0.1) is 17.8 Å². The number of aliphatic carboxylic acids is 1. The van der Waals surface area contributed by atoms with Crippen molar-refractivity contribution < 1.29 is 23.1 Å². The maximum Gasteiger partial charge on any atom is 0.490 e. The van der Waals surface area contributed by atoms with E-state index in [2.05, 4.69) is 46.6 Å². The number of hydrazone groups is 1. The Labute approximate surface area is 179 Å². The first kappa shape index (κ1) is 20.4. The van der Waals surface area contributed by atoms with E-state index in [1.165, 1.54) is 55.5 Å². The summed E-state index contributed by atoms with van der Waals surface area (Å²) in [6.07, 6.45) is 9.05. The van der Waals surface area contributed by atoms with Crippen LogP contribution in [0.4, 0.5) is 13.2 Å². The van der Waals surface area contributed by atoms with Gasteiger partial charge in [0, 0.05) is 0 Å². The van der Waals surface area contributed by atoms with E-state index in [4.69, 9.17) is 15.0 Å². The maximum absolute atomic E-state index is 10.6. The van der Waals surface area contributed by atoms with Crippen molar-refractivity contribution in [1.82, 2.24) is 9.91 Å². The van der Waals surface area contributed by atoms with E-state index in [9.17, 15) is 13.2 Å². The number of hydrogen-bond donors (Lipinski definition) is 1. The molecule has 1 aromatic carbocycles. The van der Waals surface area contributed by atoms with Gasteiger partial charge in [0.2, 0.25) is 0 Å². The van der Waals surface area contributed by atoms with Gasteiger partial charge in [0.05, 0.1) is 12.1 Å². The molecule has 0 amide bonds. The number of nitrogens with zero attached hydrogens (tertiary/aromatic N) is 3. The first-order chi connectivity index (χ1) is 14.7. The number of carboxylic acids is 1. The lowest BCUT2D eigenvalue weighted by atomic mass is 9.53. The zero-order valence-corrected chi connectivity index (χ0v) is 17.2. The molecular formula is C23H26F3N3O2. The molecule has 4 fully saturated rings. The monoisotopic (exact) mass is 433 g/mol. The first-order valence-electron chi connectivity index (χ1n) is 10.9. The summed E-state index contributed by atoms with van der Waals surface area (Å²) in [5.74, 6) is 1.48. The van der Waals surface area contributed by atoms with Gasteiger partial charge in [0.1, 0.15) is 12.2 Å². The Bertz CT molecular complexity index is 905. The molecule has 8 heteroatoms. The summed E-state index contributed by atoms with van der Waals surface area (Å²) >= 11 is 0. The number of rotatable bonds is 1. The second kappa shape index (κ2) is 7.28. The zero-order valence-electron chi connectivity index (χ0n) is 17.2. The number of carbonyl (C=O) groups is 1. The fraction of sp³-hybridized carbons (Fsp3) is 0.565. The quantitative estimate of drug-likeness (QED) is 0.695. The van der Waals surface area contributed by atoms with Crippen LogP contribution in [0.1, 0.15) is 49.7 Å². The second-order valence-electron chi connectivity index (χ2n) is 9.65. The third kappa shape index (κ3) is 3.70. The van der Waals surface area contributed by atoms with E-state index < -0.39 is 12.1 Å². The topological polar surface area (TPSA) is 56.1 Å². The summed E-state index contributed by atoms with van der Waals surface area (Å²) in [6, 6.07) is 8.88. The summed E-state index contributed by atoms with van der Waals surface area (Å²) < 4.78 is 31.7. The van der Waals surface area contributed by atoms with Crippen molar-refractivity contribution >= 4 is 12.3 Å². The molecule has 7 rings (SSSR count). The molecule has 4 saturated carbocycles. The second-order valence-corrected chi connectivity index (χ2v) is 9.65. The molecule has 0 unspecified atom stereocenters. The minimum absolute atomic E-state index is 0.322. The number of halogens is 3. The number of fused-ring (bicyclic) bond motifs is 2. The van der Waals surface area contributed by atoms with Crippen LogP contribution >= 0.6 is 0 Å². The molecule has 0 atom stereocenters. The zero-order chi connectivity index (χ0) is 21.8. The molecule has 166 valence electrons. The van der Waals surface area contributed by atoms with Crippen LogP contribution in [0.5, 0.6) is 0 Å². The minimum Gasteiger partial charge on any atom is -0.475 e. The third-order valence-electron chi connectivity index (χ3n) is 7.48. The highest BCUT2D eigenvalue weighted by atomic mass is 19.4. The Kier molecular flexibility index (Phi) is 4.79. The first-order valence-corrected chi connectivity index (χ1v) is 10.9. The summed E-state index contributed by atoms with van der Waals surface area (Å²) in [7, 11) is 0. The van der Waals surface area contributed by atoms with Gasteiger partial charge in [-0.1, -0.05) is 24.3 Å². The Balaban J connectivity index is 0.000000256. The van der Waals surface area contributed by atoms with Crippen LogP contribution < -0.4 is 0 Å². The van der Waals surface area contributed by atoms with Gasteiger partial charge in [-0.25, -0.2) is 9.80 Å². The molecule has 0 spiro atoms. The van der Waals surface area contributed by atoms with Gasteiger partial charge in [-0.3, -0.25) is 0 Å². The predicted octanol–water partition coefficient (Wildman–Crippen LogP) is 4.75. The predicted molar refractivity (Wildman–Crippen MR) is 109 cm³/mol. The van der Waals surface area contributed by atoms with Gasteiger partial charge in [-0.05, 0) is 79.9 Å². The van der Waals surface area contributed by atoms with Crippen molar-refractivity contribution in [3.8, 4) is 0 Å². The summed E-state index contributed by atoms with van der Waals surface area (Å²) in [5, 5.41) is 14.5. The van der Waals surface area contributed by atoms with Crippen LogP contribution in [0.3, 0.4) is 0 Å². The van der Waals surface area contributed by atoms with Gasteiger partial charge in [-0.2, -0.15) is 18.3 Å². The highest BCUT2D eigenvalue weighted by molar-refractivity contribution is 5.73. The molecule has 1 N–H and O–H groups in total. The van der Waals surface area contributed by atoms with Crippen LogP contribution in [-0.4, -0.2) is 39.0 Å². The fourth-order valence-electron chi connectivity index (χ4n) is 6.66. The average Bonchev–Trinajstić information content (AvgIpc) is 3.00. The van der Waals surface area contributed by atoms with E-state index in [-0.39, 0.29) is 0 Å². The van der Waals surface area contributed by atoms with E-state index in [1.807, 2.05) is 0 Å². The van der Waals surface area contributed by atoms with Gasteiger partial charge < -0.3 is 10.0 Å². The van der Waals surface area contributed by atoms with Crippen LogP contribution in [0.25, 0.3) is 0 Å². The molecular weight excluding hydrogens is 407 g/mol. The van der Waals surface area contributed by atoms with E-state index in [1.54, 1.807) is 0 Å². The van der Waals surface area contributed by atoms with Crippen molar-refractivity contribution in [2.45, 2.75) is 63.2 Å².